The fraction of sp³-hybridized carbons (Fsp3) is 0.290. The smallest absolute Gasteiger partial charge is 0.435 e. The number of halogens is 6. The molecule has 6 nitrogen and oxygen atoms in total. The summed E-state index contributed by atoms with van der Waals surface area (Å²) >= 11 is 0. The summed E-state index contributed by atoms with van der Waals surface area (Å²) in [5.74, 6) is 0.583. The Balaban J connectivity index is 1.29. The van der Waals surface area contributed by atoms with Crippen LogP contribution >= 0.6 is 0 Å². The molecule has 0 spiro atoms. The molecule has 2 aliphatic rings. The van der Waals surface area contributed by atoms with Crippen LogP contribution in [0.5, 0.6) is 11.5 Å². The van der Waals surface area contributed by atoms with Crippen molar-refractivity contribution in [3.8, 4) is 28.3 Å². The van der Waals surface area contributed by atoms with Crippen LogP contribution in [0.1, 0.15) is 52.8 Å². The fourth-order valence-electron chi connectivity index (χ4n) is 5.70. The van der Waals surface area contributed by atoms with Crippen LogP contribution in [-0.4, -0.2) is 29.5 Å². The van der Waals surface area contributed by atoms with Gasteiger partial charge in [-0.25, -0.2) is 4.68 Å². The second kappa shape index (κ2) is 10.7. The molecule has 224 valence electrons. The zero-order chi connectivity index (χ0) is 30.5. The molecule has 43 heavy (non-hydrogen) atoms. The van der Waals surface area contributed by atoms with Gasteiger partial charge >= 0.3 is 18.3 Å². The quantitative estimate of drug-likeness (QED) is 0.167. The minimum absolute atomic E-state index is 0.0158. The predicted molar refractivity (Wildman–Crippen MR) is 142 cm³/mol. The van der Waals surface area contributed by atoms with Crippen LogP contribution < -0.4 is 9.47 Å². The summed E-state index contributed by atoms with van der Waals surface area (Å²) in [6, 6.07) is 14.4. The second-order valence-corrected chi connectivity index (χ2v) is 10.4. The second-order valence-electron chi connectivity index (χ2n) is 10.4. The summed E-state index contributed by atoms with van der Waals surface area (Å²) in [6.07, 6.45) is -7.66. The van der Waals surface area contributed by atoms with Crippen molar-refractivity contribution in [1.29, 1.82) is 0 Å². The molecule has 0 N–H and O–H groups in total. The highest BCUT2D eigenvalue weighted by Gasteiger charge is 2.38. The monoisotopic (exact) mass is 602 g/mol. The van der Waals surface area contributed by atoms with E-state index in [2.05, 4.69) is 5.10 Å². The summed E-state index contributed by atoms with van der Waals surface area (Å²) < 4.78 is 99.2. The predicted octanol–water partition coefficient (Wildman–Crippen LogP) is 7.68. The molecular formula is C31H24F6N2O4. The van der Waals surface area contributed by atoms with Crippen LogP contribution in [0.25, 0.3) is 16.8 Å². The van der Waals surface area contributed by atoms with Crippen molar-refractivity contribution >= 4 is 5.97 Å². The minimum atomic E-state index is -4.64. The summed E-state index contributed by atoms with van der Waals surface area (Å²) in [6.45, 7) is 0.326. The molecule has 2 atom stereocenters. The molecule has 1 aromatic heterocycles. The number of nitrogens with zero attached hydrogens (tertiary/aromatic N) is 2. The van der Waals surface area contributed by atoms with Gasteiger partial charge in [-0.3, -0.25) is 4.79 Å². The number of esters is 1. The molecule has 4 aromatic rings. The van der Waals surface area contributed by atoms with Gasteiger partial charge in [0, 0.05) is 23.7 Å². The largest absolute Gasteiger partial charge is 0.492 e. The molecule has 0 saturated carbocycles. The molecule has 0 amide bonds. The third-order valence-corrected chi connectivity index (χ3v) is 7.74. The van der Waals surface area contributed by atoms with Crippen LogP contribution in [0, 0.1) is 0 Å². The first-order valence-corrected chi connectivity index (χ1v) is 13.4. The van der Waals surface area contributed by atoms with E-state index >= 15 is 0 Å². The number of carbonyl (C=O) groups is 1. The molecule has 0 radical (unpaired) electrons. The first-order chi connectivity index (χ1) is 20.4. The Morgan fingerprint density at radius 2 is 1.72 bits per heavy atom. The Morgan fingerprint density at radius 3 is 2.40 bits per heavy atom. The van der Waals surface area contributed by atoms with E-state index in [0.29, 0.717) is 42.1 Å². The molecule has 1 unspecified atom stereocenters. The number of carbonyl (C=O) groups excluding carboxylic acids is 1. The SMILES string of the molecule is COC(=O)CC1COc2cc(O[C@@H]3CCc4c3ccc(C(F)(F)F)c4-c3ccc(-n4ccc(C(F)(F)F)n4)cc3)ccc21. The fourth-order valence-corrected chi connectivity index (χ4v) is 5.70. The van der Waals surface area contributed by atoms with Crippen molar-refractivity contribution in [3.63, 3.8) is 0 Å². The number of alkyl halides is 6. The molecule has 12 heteroatoms. The topological polar surface area (TPSA) is 62.6 Å². The number of benzene rings is 3. The number of fused-ring (bicyclic) bond motifs is 2. The van der Waals surface area contributed by atoms with Crippen molar-refractivity contribution in [2.45, 2.75) is 43.6 Å². The summed E-state index contributed by atoms with van der Waals surface area (Å²) in [7, 11) is 1.32. The van der Waals surface area contributed by atoms with Crippen LogP contribution in [0.4, 0.5) is 26.3 Å². The summed E-state index contributed by atoms with van der Waals surface area (Å²) in [5, 5.41) is 3.53. The minimum Gasteiger partial charge on any atom is -0.492 e. The number of hydrogen-bond donors (Lipinski definition) is 0. The van der Waals surface area contributed by atoms with Gasteiger partial charge in [0.15, 0.2) is 5.69 Å². The normalized spacial score (nSPS) is 17.7. The van der Waals surface area contributed by atoms with Crippen molar-refractivity contribution < 1.29 is 45.3 Å². The number of aromatic nitrogens is 2. The first kappa shape index (κ1) is 28.6. The van der Waals surface area contributed by atoms with Gasteiger partial charge in [-0.05, 0) is 65.4 Å². The Hall–Kier alpha value is -4.48. The van der Waals surface area contributed by atoms with Crippen molar-refractivity contribution in [1.82, 2.24) is 9.78 Å². The van der Waals surface area contributed by atoms with Gasteiger partial charge in [0.25, 0.3) is 0 Å². The van der Waals surface area contributed by atoms with Gasteiger partial charge in [0.2, 0.25) is 0 Å². The van der Waals surface area contributed by atoms with E-state index in [-0.39, 0.29) is 35.1 Å². The number of methoxy groups -OCH3 is 1. The molecule has 2 heterocycles. The van der Waals surface area contributed by atoms with Crippen LogP contribution in [-0.2, 0) is 28.3 Å². The van der Waals surface area contributed by atoms with Crippen molar-refractivity contribution in [2.24, 2.45) is 0 Å². The lowest BCUT2D eigenvalue weighted by atomic mass is 9.91. The zero-order valence-corrected chi connectivity index (χ0v) is 22.6. The average Bonchev–Trinajstić information content (AvgIpc) is 3.71. The molecule has 1 aliphatic carbocycles. The van der Waals surface area contributed by atoms with E-state index in [4.69, 9.17) is 14.2 Å². The maximum absolute atomic E-state index is 14.2. The Bertz CT molecular complexity index is 1680. The average molecular weight is 603 g/mol. The van der Waals surface area contributed by atoms with Crippen molar-refractivity contribution in [2.75, 3.05) is 13.7 Å². The standard InChI is InChI=1S/C31H24F6N2O4/c1-41-28(40)14-18-16-42-26-15-20(6-7-21(18)26)43-25-11-9-23-22(25)8-10-24(30(32,33)34)29(23)17-2-4-19(5-3-17)39-13-12-27(38-39)31(35,36)37/h2-8,10,12-13,15,18,25H,9,11,14,16H2,1H3/t18?,25-/m1/s1. The van der Waals surface area contributed by atoms with Gasteiger partial charge < -0.3 is 14.2 Å². The molecule has 1 aliphatic heterocycles. The van der Waals surface area contributed by atoms with Crippen LogP contribution in [0.15, 0.2) is 66.9 Å². The third-order valence-electron chi connectivity index (χ3n) is 7.74. The van der Waals surface area contributed by atoms with E-state index in [1.165, 1.54) is 37.4 Å². The zero-order valence-electron chi connectivity index (χ0n) is 22.6. The molecule has 0 saturated heterocycles. The molecule has 0 bridgehead atoms. The first-order valence-electron chi connectivity index (χ1n) is 13.4. The van der Waals surface area contributed by atoms with E-state index in [9.17, 15) is 31.1 Å². The van der Waals surface area contributed by atoms with Gasteiger partial charge in [0.1, 0.15) is 17.6 Å². The molecule has 3 aromatic carbocycles. The lowest BCUT2D eigenvalue weighted by Crippen LogP contribution is -2.10. The molecular weight excluding hydrogens is 578 g/mol. The lowest BCUT2D eigenvalue weighted by Gasteiger charge is -2.20. The van der Waals surface area contributed by atoms with Crippen LogP contribution in [0.3, 0.4) is 0 Å². The maximum atomic E-state index is 14.2. The number of hydrogen-bond acceptors (Lipinski definition) is 5. The lowest BCUT2D eigenvalue weighted by molar-refractivity contribution is -0.142. The van der Waals surface area contributed by atoms with Crippen molar-refractivity contribution in [3.05, 3.63) is 94.8 Å². The number of rotatable bonds is 6. The van der Waals surface area contributed by atoms with Gasteiger partial charge in [0.05, 0.1) is 31.4 Å². The van der Waals surface area contributed by atoms with Gasteiger partial charge in [-0.2, -0.15) is 31.4 Å². The highest BCUT2D eigenvalue weighted by atomic mass is 19.4. The Kier molecular flexibility index (Phi) is 7.10. The molecule has 0 fully saturated rings. The van der Waals surface area contributed by atoms with E-state index < -0.39 is 29.7 Å². The molecule has 6 rings (SSSR count). The van der Waals surface area contributed by atoms with E-state index in [1.807, 2.05) is 6.07 Å². The van der Waals surface area contributed by atoms with Gasteiger partial charge in [-0.1, -0.05) is 24.3 Å². The summed E-state index contributed by atoms with van der Waals surface area (Å²) in [4.78, 5) is 11.7. The Morgan fingerprint density at radius 1 is 0.977 bits per heavy atom. The highest BCUT2D eigenvalue weighted by molar-refractivity contribution is 5.75. The third kappa shape index (κ3) is 5.53. The van der Waals surface area contributed by atoms with E-state index in [1.54, 1.807) is 12.1 Å². The van der Waals surface area contributed by atoms with Crippen LogP contribution in [0.2, 0.25) is 0 Å². The van der Waals surface area contributed by atoms with Gasteiger partial charge in [-0.15, -0.1) is 0 Å². The van der Waals surface area contributed by atoms with E-state index in [0.717, 1.165) is 28.6 Å². The maximum Gasteiger partial charge on any atom is 0.435 e. The number of ether oxygens (including phenoxy) is 3. The Labute approximate surface area is 241 Å². The highest BCUT2D eigenvalue weighted by Crippen LogP contribution is 2.47. The summed E-state index contributed by atoms with van der Waals surface area (Å²) in [5.41, 5.74) is 0.672.